The highest BCUT2D eigenvalue weighted by atomic mass is 16.5. The van der Waals surface area contributed by atoms with Crippen molar-refractivity contribution in [3.05, 3.63) is 69.4 Å². The fourth-order valence-electron chi connectivity index (χ4n) is 4.13. The van der Waals surface area contributed by atoms with Gasteiger partial charge >= 0.3 is 35.0 Å². The molecule has 234 valence electrons. The predicted octanol–water partition coefficient (Wildman–Crippen LogP) is 3.04. The lowest BCUT2D eigenvalue weighted by Crippen LogP contribution is -2.54. The number of esters is 3. The summed E-state index contributed by atoms with van der Waals surface area (Å²) in [6.07, 6.45) is 11.3. The van der Waals surface area contributed by atoms with E-state index in [9.17, 15) is 28.8 Å². The van der Waals surface area contributed by atoms with E-state index >= 15 is 0 Å². The number of rotatable bonds is 24. The molecule has 1 aromatic rings. The molecular weight excluding hydrogens is 546 g/mol. The first-order valence-corrected chi connectivity index (χ1v) is 14.6. The molecule has 0 radical (unpaired) electrons. The van der Waals surface area contributed by atoms with Gasteiger partial charge < -0.3 is 14.2 Å². The molecule has 1 rings (SSSR count). The molecule has 0 saturated heterocycles. The van der Waals surface area contributed by atoms with Gasteiger partial charge in [0.25, 0.3) is 0 Å². The van der Waals surface area contributed by atoms with Crippen LogP contribution in [0.25, 0.3) is 0 Å². The van der Waals surface area contributed by atoms with Crippen molar-refractivity contribution in [2.75, 3.05) is 19.8 Å². The Kier molecular flexibility index (Phi) is 18.7. The predicted molar refractivity (Wildman–Crippen MR) is 158 cm³/mol. The molecule has 1 aromatic heterocycles. The average Bonchev–Trinajstić information content (AvgIpc) is 2.99. The van der Waals surface area contributed by atoms with Crippen molar-refractivity contribution in [3.63, 3.8) is 0 Å². The van der Waals surface area contributed by atoms with Gasteiger partial charge in [0, 0.05) is 37.9 Å². The standard InChI is InChI=1S/C30H45N3O9/c1-4-25(34)40-22-16-10-7-13-19-31-28(37)32(20-14-8-11-17-23-41-26(35)5-2)30(39)33(29(31)38)21-15-9-12-18-24-42-27(36)6-3/h4-6H,1-3,7-24H2. The lowest BCUT2D eigenvalue weighted by atomic mass is 10.2. The topological polar surface area (TPSA) is 145 Å². The summed E-state index contributed by atoms with van der Waals surface area (Å²) in [5.41, 5.74) is -1.86. The molecule has 0 fully saturated rings. The molecule has 0 aliphatic rings. The van der Waals surface area contributed by atoms with E-state index in [1.165, 1.54) is 0 Å². The second-order valence-corrected chi connectivity index (χ2v) is 9.66. The van der Waals surface area contributed by atoms with Gasteiger partial charge in [-0.3, -0.25) is 0 Å². The van der Waals surface area contributed by atoms with E-state index in [0.29, 0.717) is 57.8 Å². The highest BCUT2D eigenvalue weighted by molar-refractivity contribution is 5.81. The van der Waals surface area contributed by atoms with Gasteiger partial charge in [-0.1, -0.05) is 39.0 Å². The summed E-state index contributed by atoms with van der Waals surface area (Å²) in [6, 6.07) is 0. The highest BCUT2D eigenvalue weighted by Gasteiger charge is 2.15. The molecule has 0 atom stereocenters. The van der Waals surface area contributed by atoms with Crippen LogP contribution in [0.2, 0.25) is 0 Å². The summed E-state index contributed by atoms with van der Waals surface area (Å²) in [5, 5.41) is 0. The number of ether oxygens (including phenoxy) is 3. The Labute approximate surface area is 246 Å². The minimum atomic E-state index is -0.620. The van der Waals surface area contributed by atoms with Gasteiger partial charge in [0.15, 0.2) is 0 Å². The Morgan fingerprint density at radius 3 is 0.929 bits per heavy atom. The zero-order valence-electron chi connectivity index (χ0n) is 24.6. The van der Waals surface area contributed by atoms with Crippen LogP contribution in [0, 0.1) is 0 Å². The van der Waals surface area contributed by atoms with Gasteiger partial charge in [-0.25, -0.2) is 42.5 Å². The zero-order chi connectivity index (χ0) is 31.2. The Morgan fingerprint density at radius 1 is 0.452 bits per heavy atom. The van der Waals surface area contributed by atoms with Crippen LogP contribution in [-0.4, -0.2) is 51.4 Å². The van der Waals surface area contributed by atoms with E-state index in [2.05, 4.69) is 19.7 Å². The van der Waals surface area contributed by atoms with Gasteiger partial charge in [0.2, 0.25) is 0 Å². The van der Waals surface area contributed by atoms with Crippen molar-refractivity contribution < 1.29 is 28.6 Å². The minimum absolute atomic E-state index is 0.174. The van der Waals surface area contributed by atoms with Gasteiger partial charge in [0.1, 0.15) is 0 Å². The lowest BCUT2D eigenvalue weighted by Gasteiger charge is -2.14. The van der Waals surface area contributed by atoms with Crippen LogP contribution in [0.3, 0.4) is 0 Å². The molecule has 0 N–H and O–H groups in total. The van der Waals surface area contributed by atoms with E-state index in [-0.39, 0.29) is 39.5 Å². The maximum atomic E-state index is 13.2. The monoisotopic (exact) mass is 591 g/mol. The number of nitrogens with zero attached hydrogens (tertiary/aromatic N) is 3. The van der Waals surface area contributed by atoms with E-state index in [1.807, 2.05) is 0 Å². The van der Waals surface area contributed by atoms with Crippen LogP contribution in [0.5, 0.6) is 0 Å². The fourth-order valence-corrected chi connectivity index (χ4v) is 4.13. The molecule has 0 saturated carbocycles. The smallest absolute Gasteiger partial charge is 0.336 e. The molecule has 0 aliphatic carbocycles. The van der Waals surface area contributed by atoms with Crippen molar-refractivity contribution >= 4 is 17.9 Å². The van der Waals surface area contributed by atoms with E-state index in [0.717, 1.165) is 51.2 Å². The molecular formula is C30H45N3O9. The molecule has 12 nitrogen and oxygen atoms in total. The Balaban J connectivity index is 2.80. The number of hydrogen-bond donors (Lipinski definition) is 0. The second kappa shape index (κ2) is 21.7. The summed E-state index contributed by atoms with van der Waals surface area (Å²) in [5.74, 6) is -1.43. The lowest BCUT2D eigenvalue weighted by molar-refractivity contribution is -0.138. The molecule has 0 amide bonds. The first-order valence-electron chi connectivity index (χ1n) is 14.6. The van der Waals surface area contributed by atoms with Crippen molar-refractivity contribution in [2.45, 2.75) is 96.7 Å². The third-order valence-electron chi connectivity index (χ3n) is 6.45. The van der Waals surface area contributed by atoms with Crippen molar-refractivity contribution in [2.24, 2.45) is 0 Å². The number of unbranched alkanes of at least 4 members (excludes halogenated alkanes) is 9. The molecule has 0 bridgehead atoms. The number of hydrogen-bond acceptors (Lipinski definition) is 9. The Bertz CT molecular complexity index is 1030. The van der Waals surface area contributed by atoms with E-state index < -0.39 is 35.0 Å². The number of carbonyl (C=O) groups excluding carboxylic acids is 3. The summed E-state index contributed by atoms with van der Waals surface area (Å²) in [6.45, 7) is 11.4. The Morgan fingerprint density at radius 2 is 0.690 bits per heavy atom. The highest BCUT2D eigenvalue weighted by Crippen LogP contribution is 2.04. The van der Waals surface area contributed by atoms with Crippen LogP contribution >= 0.6 is 0 Å². The van der Waals surface area contributed by atoms with E-state index in [4.69, 9.17) is 14.2 Å². The van der Waals surface area contributed by atoms with Crippen LogP contribution < -0.4 is 17.1 Å². The van der Waals surface area contributed by atoms with Crippen LogP contribution in [0.1, 0.15) is 77.0 Å². The average molecular weight is 592 g/mol. The molecule has 0 spiro atoms. The summed E-state index contributed by atoms with van der Waals surface area (Å²) >= 11 is 0. The molecule has 12 heteroatoms. The van der Waals surface area contributed by atoms with Crippen LogP contribution in [-0.2, 0) is 48.2 Å². The van der Waals surface area contributed by atoms with Crippen molar-refractivity contribution in [1.29, 1.82) is 0 Å². The van der Waals surface area contributed by atoms with Gasteiger partial charge in [-0.05, 0) is 57.8 Å². The summed E-state index contributed by atoms with van der Waals surface area (Å²) in [4.78, 5) is 72.9. The fraction of sp³-hybridized carbons (Fsp3) is 0.600. The molecule has 1 heterocycles. The largest absolute Gasteiger partial charge is 0.463 e. The zero-order valence-corrected chi connectivity index (χ0v) is 24.6. The molecule has 0 aliphatic heterocycles. The number of carbonyl (C=O) groups is 3. The second-order valence-electron chi connectivity index (χ2n) is 9.66. The maximum Gasteiger partial charge on any atom is 0.336 e. The minimum Gasteiger partial charge on any atom is -0.463 e. The van der Waals surface area contributed by atoms with E-state index in [1.54, 1.807) is 0 Å². The third kappa shape index (κ3) is 14.1. The van der Waals surface area contributed by atoms with Gasteiger partial charge in [-0.2, -0.15) is 0 Å². The van der Waals surface area contributed by atoms with Crippen LogP contribution in [0.4, 0.5) is 0 Å². The number of aromatic nitrogens is 3. The van der Waals surface area contributed by atoms with Crippen molar-refractivity contribution in [3.8, 4) is 0 Å². The molecule has 42 heavy (non-hydrogen) atoms. The quantitative estimate of drug-likeness (QED) is 0.0766. The third-order valence-corrected chi connectivity index (χ3v) is 6.45. The van der Waals surface area contributed by atoms with Gasteiger partial charge in [0.05, 0.1) is 19.8 Å². The summed E-state index contributed by atoms with van der Waals surface area (Å²) in [7, 11) is 0. The normalized spacial score (nSPS) is 10.6. The van der Waals surface area contributed by atoms with Crippen LogP contribution in [0.15, 0.2) is 52.3 Å². The SMILES string of the molecule is C=CC(=O)OCCCCCCn1c(=O)n(CCCCCCOC(=O)C=C)c(=O)n(CCCCCCOC(=O)C=C)c1=O. The Hall–Kier alpha value is -3.96. The van der Waals surface area contributed by atoms with Crippen molar-refractivity contribution in [1.82, 2.24) is 13.7 Å². The maximum absolute atomic E-state index is 13.2. The summed E-state index contributed by atoms with van der Waals surface area (Å²) < 4.78 is 18.2. The first kappa shape index (κ1) is 36.1. The first-order chi connectivity index (χ1) is 20.3. The molecule has 0 unspecified atom stereocenters. The molecule has 0 aromatic carbocycles. The van der Waals surface area contributed by atoms with Gasteiger partial charge in [-0.15, -0.1) is 0 Å².